The highest BCUT2D eigenvalue weighted by Gasteiger charge is 2.34. The van der Waals surface area contributed by atoms with Gasteiger partial charge in [-0.05, 0) is 36.6 Å². The SMILES string of the molecule is COc1nc(-c2cccc(-c3cccc(Nc4nc(C(F)(F)F)cc5c4c(=O)n(C)c(=O)n5C)c3C)c2Cl)cnc1CNC1CCOCC1O. The van der Waals surface area contributed by atoms with Crippen LogP contribution in [0.1, 0.15) is 23.4 Å². The van der Waals surface area contributed by atoms with Gasteiger partial charge in [-0.2, -0.15) is 13.2 Å². The Morgan fingerprint density at radius 2 is 1.80 bits per heavy atom. The lowest BCUT2D eigenvalue weighted by Gasteiger charge is -2.28. The van der Waals surface area contributed by atoms with Crippen molar-refractivity contribution >= 4 is 34.0 Å². The highest BCUT2D eigenvalue weighted by molar-refractivity contribution is 6.36. The molecule has 1 aliphatic heterocycles. The quantitative estimate of drug-likeness (QED) is 0.207. The molecule has 0 aliphatic carbocycles. The number of pyridine rings is 1. The van der Waals surface area contributed by atoms with Gasteiger partial charge in [0.25, 0.3) is 5.56 Å². The fraction of sp³-hybridized carbons (Fsp3) is 0.324. The normalized spacial score (nSPS) is 16.5. The van der Waals surface area contributed by atoms with Crippen molar-refractivity contribution in [2.45, 2.75) is 38.2 Å². The fourth-order valence-corrected chi connectivity index (χ4v) is 6.28. The van der Waals surface area contributed by atoms with Crippen molar-refractivity contribution in [3.63, 3.8) is 0 Å². The summed E-state index contributed by atoms with van der Waals surface area (Å²) in [6.45, 7) is 2.87. The molecule has 0 bridgehead atoms. The van der Waals surface area contributed by atoms with Crippen LogP contribution in [-0.4, -0.2) is 61.7 Å². The molecule has 0 saturated carbocycles. The first-order valence-corrected chi connectivity index (χ1v) is 15.9. The number of hydrogen-bond donors (Lipinski definition) is 3. The smallest absolute Gasteiger partial charge is 0.433 e. The van der Waals surface area contributed by atoms with Crippen LogP contribution in [0.5, 0.6) is 5.88 Å². The minimum Gasteiger partial charge on any atom is -0.480 e. The third kappa shape index (κ3) is 6.56. The average molecular weight is 712 g/mol. The molecule has 0 radical (unpaired) electrons. The van der Waals surface area contributed by atoms with Crippen LogP contribution < -0.4 is 26.6 Å². The first kappa shape index (κ1) is 35.0. The fourth-order valence-electron chi connectivity index (χ4n) is 5.95. The van der Waals surface area contributed by atoms with E-state index >= 15 is 0 Å². The van der Waals surface area contributed by atoms with Gasteiger partial charge < -0.3 is 25.2 Å². The zero-order chi connectivity index (χ0) is 35.9. The molecule has 3 N–H and O–H groups in total. The molecular formula is C34H33ClF3N7O5. The minimum atomic E-state index is -4.85. The number of nitrogens with zero attached hydrogens (tertiary/aromatic N) is 5. The van der Waals surface area contributed by atoms with Gasteiger partial charge in [0, 0.05) is 50.1 Å². The van der Waals surface area contributed by atoms with E-state index in [1.54, 1.807) is 49.5 Å². The Kier molecular flexibility index (Phi) is 9.68. The number of halogens is 4. The molecule has 12 nitrogen and oxygen atoms in total. The summed E-state index contributed by atoms with van der Waals surface area (Å²) in [5.74, 6) is -0.0701. The Hall–Kier alpha value is -4.83. The molecule has 2 unspecified atom stereocenters. The number of aliphatic hydroxyl groups excluding tert-OH is 1. The highest BCUT2D eigenvalue weighted by Crippen LogP contribution is 2.40. The van der Waals surface area contributed by atoms with E-state index in [2.05, 4.69) is 25.6 Å². The molecule has 262 valence electrons. The Morgan fingerprint density at radius 3 is 2.52 bits per heavy atom. The molecule has 3 aromatic heterocycles. The van der Waals surface area contributed by atoms with Gasteiger partial charge in [-0.15, -0.1) is 0 Å². The van der Waals surface area contributed by atoms with Crippen LogP contribution in [-0.2, 0) is 31.6 Å². The van der Waals surface area contributed by atoms with Crippen LogP contribution in [0.25, 0.3) is 33.3 Å². The van der Waals surface area contributed by atoms with Gasteiger partial charge in [-0.3, -0.25) is 18.9 Å². The van der Waals surface area contributed by atoms with Crippen molar-refractivity contribution in [3.8, 4) is 28.3 Å². The van der Waals surface area contributed by atoms with Crippen molar-refractivity contribution in [3.05, 3.63) is 91.5 Å². The summed E-state index contributed by atoms with van der Waals surface area (Å²) in [6, 6.07) is 11.0. The summed E-state index contributed by atoms with van der Waals surface area (Å²) in [4.78, 5) is 38.8. The molecule has 50 heavy (non-hydrogen) atoms. The summed E-state index contributed by atoms with van der Waals surface area (Å²) < 4.78 is 54.4. The summed E-state index contributed by atoms with van der Waals surface area (Å²) in [7, 11) is 4.02. The highest BCUT2D eigenvalue weighted by atomic mass is 35.5. The number of benzene rings is 2. The topological polar surface area (TPSA) is 145 Å². The Morgan fingerprint density at radius 1 is 1.08 bits per heavy atom. The lowest BCUT2D eigenvalue weighted by Crippen LogP contribution is -2.46. The second-order valence-corrected chi connectivity index (χ2v) is 12.2. The number of aryl methyl sites for hydroxylation is 1. The van der Waals surface area contributed by atoms with E-state index in [1.807, 2.05) is 0 Å². The monoisotopic (exact) mass is 711 g/mol. The van der Waals surface area contributed by atoms with E-state index in [1.165, 1.54) is 21.2 Å². The number of rotatable bonds is 8. The van der Waals surface area contributed by atoms with Crippen LogP contribution in [0.2, 0.25) is 5.02 Å². The third-order valence-electron chi connectivity index (χ3n) is 8.76. The number of anilines is 2. The number of ether oxygens (including phenoxy) is 2. The van der Waals surface area contributed by atoms with Crippen molar-refractivity contribution in [1.29, 1.82) is 0 Å². The summed E-state index contributed by atoms with van der Waals surface area (Å²) >= 11 is 7.00. The van der Waals surface area contributed by atoms with Crippen LogP contribution >= 0.6 is 11.6 Å². The minimum absolute atomic E-state index is 0.156. The predicted octanol–water partition coefficient (Wildman–Crippen LogP) is 4.73. The van der Waals surface area contributed by atoms with E-state index < -0.39 is 29.2 Å². The number of nitrogens with one attached hydrogen (secondary N) is 2. The Balaban J connectivity index is 1.36. The maximum atomic E-state index is 13.9. The van der Waals surface area contributed by atoms with E-state index in [9.17, 15) is 27.9 Å². The van der Waals surface area contributed by atoms with Crippen LogP contribution in [0.15, 0.2) is 58.3 Å². The lowest BCUT2D eigenvalue weighted by atomic mass is 9.96. The van der Waals surface area contributed by atoms with Gasteiger partial charge in [0.1, 0.15) is 22.6 Å². The van der Waals surface area contributed by atoms with Gasteiger partial charge in [-0.1, -0.05) is 41.9 Å². The third-order valence-corrected chi connectivity index (χ3v) is 9.16. The number of aliphatic hydroxyl groups is 1. The number of fused-ring (bicyclic) bond motifs is 1. The van der Waals surface area contributed by atoms with Gasteiger partial charge >= 0.3 is 11.9 Å². The van der Waals surface area contributed by atoms with E-state index in [0.29, 0.717) is 70.0 Å². The predicted molar refractivity (Wildman–Crippen MR) is 182 cm³/mol. The standard InChI is InChI=1S/C34H33ClF3N7O5/c1-17-18(7-6-10-21(17)41-30-28-25(13-27(43-30)34(36,37)38)44(2)33(48)45(3)32(28)47)19-8-5-9-20(29(19)35)23-14-40-24(31(42-23)49-4)15-39-22-11-12-50-16-26(22)46/h5-10,13-14,22,26,39,46H,11-12,15-16H2,1-4H3,(H,41,43). The van der Waals surface area contributed by atoms with Gasteiger partial charge in [-0.25, -0.2) is 14.8 Å². The van der Waals surface area contributed by atoms with Crippen molar-refractivity contribution in [2.24, 2.45) is 14.1 Å². The Bertz CT molecular complexity index is 2220. The molecule has 1 fully saturated rings. The van der Waals surface area contributed by atoms with Crippen LogP contribution in [0.3, 0.4) is 0 Å². The van der Waals surface area contributed by atoms with Crippen molar-refractivity contribution in [2.75, 3.05) is 25.6 Å². The molecular weight excluding hydrogens is 679 g/mol. The first-order valence-electron chi connectivity index (χ1n) is 15.5. The molecule has 5 aromatic rings. The van der Waals surface area contributed by atoms with Gasteiger partial charge in [0.2, 0.25) is 5.88 Å². The summed E-state index contributed by atoms with van der Waals surface area (Å²) in [6.07, 6.45) is -3.25. The average Bonchev–Trinajstić information content (AvgIpc) is 3.10. The van der Waals surface area contributed by atoms with Gasteiger partial charge in [0.15, 0.2) is 0 Å². The molecule has 0 amide bonds. The molecule has 2 aromatic carbocycles. The Labute approximate surface area is 288 Å². The second kappa shape index (κ2) is 13.8. The van der Waals surface area contributed by atoms with E-state index in [0.717, 1.165) is 9.13 Å². The van der Waals surface area contributed by atoms with Crippen molar-refractivity contribution < 1.29 is 27.8 Å². The number of hydrogen-bond acceptors (Lipinski definition) is 10. The summed E-state index contributed by atoms with van der Waals surface area (Å²) in [5, 5.41) is 16.6. The maximum Gasteiger partial charge on any atom is 0.433 e. The zero-order valence-electron chi connectivity index (χ0n) is 27.4. The largest absolute Gasteiger partial charge is 0.480 e. The molecule has 16 heteroatoms. The molecule has 1 aliphatic rings. The maximum absolute atomic E-state index is 13.9. The summed E-state index contributed by atoms with van der Waals surface area (Å²) in [5.41, 5.74) is 0.703. The number of alkyl halides is 3. The van der Waals surface area contributed by atoms with E-state index in [-0.39, 0.29) is 35.2 Å². The molecule has 2 atom stereocenters. The second-order valence-electron chi connectivity index (χ2n) is 11.9. The molecule has 4 heterocycles. The first-order chi connectivity index (χ1) is 23.8. The number of methoxy groups -OCH3 is 1. The van der Waals surface area contributed by atoms with Gasteiger partial charge in [0.05, 0.1) is 42.3 Å². The molecule has 1 saturated heterocycles. The van der Waals surface area contributed by atoms with Crippen LogP contribution in [0, 0.1) is 6.92 Å². The zero-order valence-corrected chi connectivity index (χ0v) is 28.2. The lowest BCUT2D eigenvalue weighted by molar-refractivity contribution is -0.141. The van der Waals surface area contributed by atoms with Crippen molar-refractivity contribution in [1.82, 2.24) is 29.4 Å². The van der Waals surface area contributed by atoms with Crippen LogP contribution in [0.4, 0.5) is 24.7 Å². The number of aromatic nitrogens is 5. The molecule has 6 rings (SSSR count). The van der Waals surface area contributed by atoms with E-state index in [4.69, 9.17) is 21.1 Å². The molecule has 0 spiro atoms.